The van der Waals surface area contributed by atoms with Crippen molar-refractivity contribution < 1.29 is 38.2 Å². The quantitative estimate of drug-likeness (QED) is 0.152. The van der Waals surface area contributed by atoms with E-state index in [2.05, 4.69) is 12.4 Å². The lowest BCUT2D eigenvalue weighted by atomic mass is 9.89. The Morgan fingerprint density at radius 1 is 0.938 bits per heavy atom. The number of phenolic OH excluding ortho intramolecular Hbond substituents is 1. The number of nitrogens with one attached hydrogen (secondary N) is 1. The van der Waals surface area contributed by atoms with Crippen molar-refractivity contribution in [2.24, 2.45) is 11.7 Å². The highest BCUT2D eigenvalue weighted by atomic mass is 16.7. The second kappa shape index (κ2) is 14.6. The number of ether oxygens (including phenoxy) is 3. The summed E-state index contributed by atoms with van der Waals surface area (Å²) < 4.78 is 17.4. The van der Waals surface area contributed by atoms with Gasteiger partial charge in [0.15, 0.2) is 11.5 Å². The largest absolute Gasteiger partial charge is 0.508 e. The van der Waals surface area contributed by atoms with Crippen molar-refractivity contribution in [2.75, 3.05) is 32.2 Å². The number of hydrogen-bond acceptors (Lipinski definition) is 7. The smallest absolute Gasteiger partial charge is 0.323 e. The average Bonchev–Trinajstić information content (AvgIpc) is 3.54. The highest BCUT2D eigenvalue weighted by Crippen LogP contribution is 2.35. The Balaban J connectivity index is 1.21. The number of benzene rings is 3. The van der Waals surface area contributed by atoms with Gasteiger partial charge in [0, 0.05) is 17.7 Å². The van der Waals surface area contributed by atoms with Crippen LogP contribution >= 0.6 is 0 Å². The fraction of sp³-hybridized carbons (Fsp3) is 0.432. The molecule has 2 aliphatic heterocycles. The zero-order valence-corrected chi connectivity index (χ0v) is 27.4. The summed E-state index contributed by atoms with van der Waals surface area (Å²) in [5.74, 6) is 1.10. The predicted octanol–water partition coefficient (Wildman–Crippen LogP) is 5.35. The standard InChI is InChI=1S/C37H44N4O7/c1-41(22-26-11-18-33-34(21-26)47-24-46-33)19-5-8-29(23-41)40(32(35(38)43)20-25-9-14-30(42)15-10-25)37(45)39-28-12-16-31(17-13-28)48-36(44)27-6-3-2-4-7-27/h9-18,21,27,29,32H,2-8,19-20,22-24H2,1H3,(H3-,38,39,42,43,45)/p+1/t29-,32-,41?/m0/s1. The second-order valence-electron chi connectivity index (χ2n) is 13.6. The van der Waals surface area contributed by atoms with Crippen LogP contribution in [0.25, 0.3) is 0 Å². The Hall–Kier alpha value is -4.77. The third-order valence-electron chi connectivity index (χ3n) is 9.81. The van der Waals surface area contributed by atoms with Gasteiger partial charge in [-0.2, -0.15) is 0 Å². The highest BCUT2D eigenvalue weighted by Gasteiger charge is 2.41. The molecule has 0 radical (unpaired) electrons. The summed E-state index contributed by atoms with van der Waals surface area (Å²) >= 11 is 0. The van der Waals surface area contributed by atoms with Crippen LogP contribution in [0, 0.1) is 5.92 Å². The third kappa shape index (κ3) is 8.02. The van der Waals surface area contributed by atoms with E-state index >= 15 is 0 Å². The number of carbonyl (C=O) groups excluding carboxylic acids is 3. The van der Waals surface area contributed by atoms with Gasteiger partial charge in [0.25, 0.3) is 0 Å². The van der Waals surface area contributed by atoms with Gasteiger partial charge in [-0.25, -0.2) is 4.79 Å². The van der Waals surface area contributed by atoms with E-state index in [0.29, 0.717) is 35.4 Å². The van der Waals surface area contributed by atoms with Crippen LogP contribution in [0.15, 0.2) is 66.7 Å². The van der Waals surface area contributed by atoms with Crippen LogP contribution in [0.4, 0.5) is 10.5 Å². The van der Waals surface area contributed by atoms with Crippen molar-refractivity contribution in [3.8, 4) is 23.0 Å². The molecule has 4 N–H and O–H groups in total. The van der Waals surface area contributed by atoms with Crippen LogP contribution in [0.3, 0.4) is 0 Å². The maximum Gasteiger partial charge on any atom is 0.323 e. The number of amides is 3. The number of aromatic hydroxyl groups is 1. The highest BCUT2D eigenvalue weighted by molar-refractivity contribution is 5.94. The molecule has 3 atom stereocenters. The van der Waals surface area contributed by atoms with E-state index in [1.165, 1.54) is 0 Å². The summed E-state index contributed by atoms with van der Waals surface area (Å²) in [6.45, 7) is 2.43. The van der Waals surface area contributed by atoms with E-state index in [-0.39, 0.29) is 36.9 Å². The number of esters is 1. The van der Waals surface area contributed by atoms with Gasteiger partial charge in [0.1, 0.15) is 24.1 Å². The van der Waals surface area contributed by atoms with Gasteiger partial charge in [0.05, 0.1) is 32.1 Å². The molecule has 0 aromatic heterocycles. The number of likely N-dealkylation sites (N-methyl/N-ethyl adjacent to an activating group) is 1. The number of carbonyl (C=O) groups is 3. The molecule has 3 aromatic rings. The number of urea groups is 1. The number of fused-ring (bicyclic) bond motifs is 1. The Morgan fingerprint density at radius 2 is 1.65 bits per heavy atom. The summed E-state index contributed by atoms with van der Waals surface area (Å²) in [6.07, 6.45) is 6.68. The van der Waals surface area contributed by atoms with Crippen molar-refractivity contribution in [3.63, 3.8) is 0 Å². The summed E-state index contributed by atoms with van der Waals surface area (Å²) in [5.41, 5.74) is 8.40. The van der Waals surface area contributed by atoms with Crippen LogP contribution in [0.2, 0.25) is 0 Å². The zero-order chi connectivity index (χ0) is 33.7. The van der Waals surface area contributed by atoms with Crippen LogP contribution in [-0.2, 0) is 22.6 Å². The van der Waals surface area contributed by atoms with Crippen molar-refractivity contribution in [2.45, 2.75) is 70.0 Å². The molecule has 1 aliphatic carbocycles. The Bertz CT molecular complexity index is 1610. The first-order chi connectivity index (χ1) is 23.2. The second-order valence-corrected chi connectivity index (χ2v) is 13.6. The molecular weight excluding hydrogens is 612 g/mol. The normalized spacial score (nSPS) is 21.2. The average molecular weight is 658 g/mol. The molecule has 11 nitrogen and oxygen atoms in total. The van der Waals surface area contributed by atoms with Crippen LogP contribution < -0.4 is 25.3 Å². The van der Waals surface area contributed by atoms with Crippen molar-refractivity contribution in [3.05, 3.63) is 77.9 Å². The molecule has 2 heterocycles. The third-order valence-corrected chi connectivity index (χ3v) is 9.81. The van der Waals surface area contributed by atoms with E-state index in [9.17, 15) is 19.5 Å². The number of likely N-dealkylation sites (tertiary alicyclic amines) is 1. The molecule has 0 spiro atoms. The molecule has 48 heavy (non-hydrogen) atoms. The van der Waals surface area contributed by atoms with Gasteiger partial charge in [-0.15, -0.1) is 0 Å². The van der Waals surface area contributed by atoms with Crippen molar-refractivity contribution >= 4 is 23.6 Å². The number of phenols is 1. The lowest BCUT2D eigenvalue weighted by Gasteiger charge is -2.46. The Labute approximate surface area is 281 Å². The van der Waals surface area contributed by atoms with Gasteiger partial charge in [-0.3, -0.25) is 9.59 Å². The number of nitrogens with two attached hydrogens (primary N) is 1. The van der Waals surface area contributed by atoms with Crippen LogP contribution in [0.5, 0.6) is 23.0 Å². The molecule has 254 valence electrons. The van der Waals surface area contributed by atoms with Crippen molar-refractivity contribution in [1.82, 2.24) is 4.90 Å². The summed E-state index contributed by atoms with van der Waals surface area (Å²) in [6, 6.07) is 17.6. The Morgan fingerprint density at radius 3 is 2.38 bits per heavy atom. The summed E-state index contributed by atoms with van der Waals surface area (Å²) in [7, 11) is 2.17. The first-order valence-corrected chi connectivity index (χ1v) is 16.9. The van der Waals surface area contributed by atoms with Gasteiger partial charge < -0.3 is 39.8 Å². The molecule has 3 aromatic carbocycles. The lowest BCUT2D eigenvalue weighted by Crippen LogP contribution is -2.62. The number of quaternary nitrogens is 1. The van der Waals surface area contributed by atoms with Gasteiger partial charge in [-0.1, -0.05) is 31.4 Å². The minimum absolute atomic E-state index is 0.0735. The number of rotatable bonds is 10. The van der Waals surface area contributed by atoms with Crippen molar-refractivity contribution in [1.29, 1.82) is 0 Å². The molecule has 1 saturated heterocycles. The molecule has 0 bridgehead atoms. The zero-order valence-electron chi connectivity index (χ0n) is 27.4. The molecule has 3 amide bonds. The maximum atomic E-state index is 14.2. The van der Waals surface area contributed by atoms with E-state index < -0.39 is 18.0 Å². The minimum atomic E-state index is -0.938. The number of nitrogens with zero attached hydrogens (tertiary/aromatic N) is 2. The van der Waals surface area contributed by atoms with Gasteiger partial charge in [0.2, 0.25) is 12.7 Å². The number of piperidine rings is 1. The monoisotopic (exact) mass is 657 g/mol. The van der Waals surface area contributed by atoms with E-state index in [0.717, 1.165) is 67.7 Å². The fourth-order valence-electron chi connectivity index (χ4n) is 7.34. The SMILES string of the molecule is C[N+]1(Cc2ccc3c(c2)OCO3)CCC[C@H](N(C(=O)Nc2ccc(OC(=O)C3CCCCC3)cc2)[C@@H](Cc2ccc(O)cc2)C(N)=O)C1. The summed E-state index contributed by atoms with van der Waals surface area (Å²) in [4.78, 5) is 41.6. The molecule has 1 unspecified atom stereocenters. The number of hydrogen-bond donors (Lipinski definition) is 3. The molecule has 11 heteroatoms. The molecule has 6 rings (SSSR count). The number of primary amides is 1. The molecule has 3 aliphatic rings. The van der Waals surface area contributed by atoms with Gasteiger partial charge in [-0.05, 0) is 85.8 Å². The Kier molecular flexibility index (Phi) is 10.0. The topological polar surface area (TPSA) is 140 Å². The fourth-order valence-corrected chi connectivity index (χ4v) is 7.34. The minimum Gasteiger partial charge on any atom is -0.508 e. The van der Waals surface area contributed by atoms with Gasteiger partial charge >= 0.3 is 12.0 Å². The molecule has 2 fully saturated rings. The van der Waals surface area contributed by atoms with Crippen LogP contribution in [-0.4, -0.2) is 71.4 Å². The first-order valence-electron chi connectivity index (χ1n) is 16.9. The van der Waals surface area contributed by atoms with E-state index in [4.69, 9.17) is 19.9 Å². The predicted molar refractivity (Wildman–Crippen MR) is 180 cm³/mol. The maximum absolute atomic E-state index is 14.2. The summed E-state index contributed by atoms with van der Waals surface area (Å²) in [5, 5.41) is 12.8. The van der Waals surface area contributed by atoms with Crippen LogP contribution in [0.1, 0.15) is 56.1 Å². The number of anilines is 1. The lowest BCUT2D eigenvalue weighted by molar-refractivity contribution is -0.928. The molecule has 1 saturated carbocycles. The van der Waals surface area contributed by atoms with E-state index in [1.807, 2.05) is 18.2 Å². The first kappa shape index (κ1) is 33.1. The molecular formula is C37H45N4O7+. The van der Waals surface area contributed by atoms with E-state index in [1.54, 1.807) is 53.4 Å².